The SMILES string of the molecule is COc1ccc(-c2cc(-c3ccc(C)cc3)nc3sc(C(=O)Nc4ccc(C)cc4Br)c(N)c23)cc1OC. The molecule has 1 amide bonds. The molecule has 0 saturated carbocycles. The number of carbonyl (C=O) groups is 1. The number of nitrogen functional groups attached to an aromatic ring is 1. The molecule has 0 spiro atoms. The minimum atomic E-state index is -0.287. The quantitative estimate of drug-likeness (QED) is 0.211. The van der Waals surface area contributed by atoms with Gasteiger partial charge < -0.3 is 20.5 Å². The minimum Gasteiger partial charge on any atom is -0.493 e. The number of nitrogens with one attached hydrogen (secondary N) is 1. The maximum Gasteiger partial charge on any atom is 0.267 e. The van der Waals surface area contributed by atoms with Crippen LogP contribution in [0.3, 0.4) is 0 Å². The second-order valence-electron chi connectivity index (χ2n) is 8.95. The summed E-state index contributed by atoms with van der Waals surface area (Å²) in [7, 11) is 3.21. The molecule has 5 rings (SSSR count). The molecule has 38 heavy (non-hydrogen) atoms. The number of anilines is 2. The first-order valence-electron chi connectivity index (χ1n) is 11.9. The molecule has 0 aliphatic heterocycles. The molecule has 2 heterocycles. The predicted molar refractivity (Wildman–Crippen MR) is 160 cm³/mol. The van der Waals surface area contributed by atoms with Crippen LogP contribution in [0.25, 0.3) is 32.6 Å². The van der Waals surface area contributed by atoms with Crippen molar-refractivity contribution in [3.8, 4) is 33.9 Å². The van der Waals surface area contributed by atoms with Crippen LogP contribution in [0.4, 0.5) is 11.4 Å². The van der Waals surface area contributed by atoms with E-state index in [1.54, 1.807) is 14.2 Å². The Morgan fingerprint density at radius 2 is 1.58 bits per heavy atom. The number of amides is 1. The monoisotopic (exact) mass is 587 g/mol. The highest BCUT2D eigenvalue weighted by molar-refractivity contribution is 9.10. The Morgan fingerprint density at radius 1 is 0.895 bits per heavy atom. The zero-order chi connectivity index (χ0) is 27.0. The summed E-state index contributed by atoms with van der Waals surface area (Å²) in [4.78, 5) is 19.4. The van der Waals surface area contributed by atoms with Gasteiger partial charge in [0.1, 0.15) is 9.71 Å². The first-order chi connectivity index (χ1) is 18.3. The van der Waals surface area contributed by atoms with Gasteiger partial charge in [0.15, 0.2) is 11.5 Å². The number of fused-ring (bicyclic) bond motifs is 1. The van der Waals surface area contributed by atoms with Crippen LogP contribution in [-0.2, 0) is 0 Å². The van der Waals surface area contributed by atoms with Gasteiger partial charge in [-0.3, -0.25) is 4.79 Å². The largest absolute Gasteiger partial charge is 0.493 e. The standard InChI is InChI=1S/C30H26BrN3O3S/c1-16-5-8-18(9-6-16)23-15-20(19-10-12-24(36-3)25(14-19)37-4)26-27(32)28(38-30(26)34-23)29(35)33-22-11-7-17(2)13-21(22)31/h5-15H,32H2,1-4H3,(H,33,35). The van der Waals surface area contributed by atoms with E-state index in [-0.39, 0.29) is 5.91 Å². The van der Waals surface area contributed by atoms with E-state index in [1.807, 2.05) is 68.4 Å². The molecule has 0 saturated heterocycles. The fourth-order valence-electron chi connectivity index (χ4n) is 4.29. The number of aryl methyl sites for hydroxylation is 2. The molecule has 3 aromatic carbocycles. The smallest absolute Gasteiger partial charge is 0.267 e. The van der Waals surface area contributed by atoms with Crippen LogP contribution in [0.2, 0.25) is 0 Å². The van der Waals surface area contributed by atoms with E-state index >= 15 is 0 Å². The van der Waals surface area contributed by atoms with Gasteiger partial charge in [-0.05, 0) is 76.8 Å². The van der Waals surface area contributed by atoms with Crippen molar-refractivity contribution in [3.05, 3.63) is 87.2 Å². The van der Waals surface area contributed by atoms with E-state index in [2.05, 4.69) is 33.4 Å². The third-order valence-electron chi connectivity index (χ3n) is 6.32. The van der Waals surface area contributed by atoms with Gasteiger partial charge in [-0.1, -0.05) is 42.0 Å². The van der Waals surface area contributed by atoms with Crippen molar-refractivity contribution in [2.45, 2.75) is 13.8 Å². The number of halogens is 1. The predicted octanol–water partition coefficient (Wildman–Crippen LogP) is 7.86. The lowest BCUT2D eigenvalue weighted by molar-refractivity contribution is 0.103. The highest BCUT2D eigenvalue weighted by Crippen LogP contribution is 2.43. The molecule has 6 nitrogen and oxygen atoms in total. The van der Waals surface area contributed by atoms with Gasteiger partial charge in [0, 0.05) is 15.4 Å². The van der Waals surface area contributed by atoms with Crippen molar-refractivity contribution in [2.24, 2.45) is 0 Å². The summed E-state index contributed by atoms with van der Waals surface area (Å²) < 4.78 is 11.8. The summed E-state index contributed by atoms with van der Waals surface area (Å²) in [5.41, 5.74) is 13.5. The number of thiophene rings is 1. The first kappa shape index (κ1) is 25.8. The Labute approximate surface area is 233 Å². The third kappa shape index (κ3) is 4.85. The van der Waals surface area contributed by atoms with E-state index in [0.29, 0.717) is 32.6 Å². The van der Waals surface area contributed by atoms with E-state index in [4.69, 9.17) is 20.2 Å². The number of rotatable bonds is 6. The molecule has 2 aromatic heterocycles. The fraction of sp³-hybridized carbons (Fsp3) is 0.133. The molecule has 192 valence electrons. The van der Waals surface area contributed by atoms with Gasteiger partial charge in [-0.25, -0.2) is 4.98 Å². The maximum absolute atomic E-state index is 13.4. The Hall–Kier alpha value is -3.88. The summed E-state index contributed by atoms with van der Waals surface area (Å²) in [6.45, 7) is 4.04. The zero-order valence-electron chi connectivity index (χ0n) is 21.4. The number of aromatic nitrogens is 1. The molecule has 0 aliphatic carbocycles. The topological polar surface area (TPSA) is 86.5 Å². The number of ether oxygens (including phenoxy) is 2. The van der Waals surface area contributed by atoms with Crippen LogP contribution in [0.1, 0.15) is 20.8 Å². The van der Waals surface area contributed by atoms with Gasteiger partial charge in [0.05, 0.1) is 31.3 Å². The van der Waals surface area contributed by atoms with Gasteiger partial charge in [-0.2, -0.15) is 0 Å². The minimum absolute atomic E-state index is 0.287. The lowest BCUT2D eigenvalue weighted by Gasteiger charge is -2.12. The Kier molecular flexibility index (Phi) is 7.10. The van der Waals surface area contributed by atoms with E-state index in [9.17, 15) is 4.79 Å². The summed E-state index contributed by atoms with van der Waals surface area (Å²) in [5.74, 6) is 0.940. The Bertz CT molecular complexity index is 1680. The third-order valence-corrected chi connectivity index (χ3v) is 8.07. The molecule has 0 unspecified atom stereocenters. The number of pyridine rings is 1. The van der Waals surface area contributed by atoms with Crippen molar-refractivity contribution in [2.75, 3.05) is 25.3 Å². The van der Waals surface area contributed by atoms with Crippen LogP contribution in [0.5, 0.6) is 11.5 Å². The first-order valence-corrected chi connectivity index (χ1v) is 13.5. The second kappa shape index (κ2) is 10.5. The van der Waals surface area contributed by atoms with Crippen molar-refractivity contribution in [1.82, 2.24) is 4.98 Å². The van der Waals surface area contributed by atoms with Crippen molar-refractivity contribution in [1.29, 1.82) is 0 Å². The van der Waals surface area contributed by atoms with Crippen LogP contribution in [-0.4, -0.2) is 25.1 Å². The summed E-state index contributed by atoms with van der Waals surface area (Å²) in [5, 5.41) is 3.71. The second-order valence-corrected chi connectivity index (χ2v) is 10.8. The zero-order valence-corrected chi connectivity index (χ0v) is 23.8. The average Bonchev–Trinajstić information content (AvgIpc) is 3.26. The normalized spacial score (nSPS) is 11.0. The van der Waals surface area contributed by atoms with Gasteiger partial charge in [0.2, 0.25) is 0 Å². The van der Waals surface area contributed by atoms with E-state index in [0.717, 1.165) is 43.4 Å². The van der Waals surface area contributed by atoms with Crippen molar-refractivity contribution < 1.29 is 14.3 Å². The summed E-state index contributed by atoms with van der Waals surface area (Å²) >= 11 is 4.81. The molecule has 8 heteroatoms. The van der Waals surface area contributed by atoms with Crippen LogP contribution in [0, 0.1) is 13.8 Å². The van der Waals surface area contributed by atoms with Crippen molar-refractivity contribution in [3.63, 3.8) is 0 Å². The maximum atomic E-state index is 13.4. The number of hydrogen-bond acceptors (Lipinski definition) is 6. The number of nitrogens with two attached hydrogens (primary N) is 1. The fourth-order valence-corrected chi connectivity index (χ4v) is 5.90. The molecule has 0 atom stereocenters. The summed E-state index contributed by atoms with van der Waals surface area (Å²) in [6.07, 6.45) is 0. The number of methoxy groups -OCH3 is 2. The Morgan fingerprint density at radius 3 is 2.26 bits per heavy atom. The van der Waals surface area contributed by atoms with Crippen LogP contribution < -0.4 is 20.5 Å². The molecule has 0 aliphatic rings. The number of carbonyl (C=O) groups excluding carboxylic acids is 1. The molecule has 0 bridgehead atoms. The lowest BCUT2D eigenvalue weighted by atomic mass is 9.98. The molecule has 5 aromatic rings. The number of hydrogen-bond donors (Lipinski definition) is 2. The van der Waals surface area contributed by atoms with Gasteiger partial charge in [0.25, 0.3) is 5.91 Å². The van der Waals surface area contributed by atoms with Gasteiger partial charge in [-0.15, -0.1) is 11.3 Å². The number of nitrogens with zero attached hydrogens (tertiary/aromatic N) is 1. The molecule has 0 fully saturated rings. The van der Waals surface area contributed by atoms with E-state index in [1.165, 1.54) is 11.3 Å². The molecule has 3 N–H and O–H groups in total. The molecular weight excluding hydrogens is 562 g/mol. The highest BCUT2D eigenvalue weighted by Gasteiger charge is 2.23. The lowest BCUT2D eigenvalue weighted by Crippen LogP contribution is -2.12. The number of benzene rings is 3. The van der Waals surface area contributed by atoms with Gasteiger partial charge >= 0.3 is 0 Å². The highest BCUT2D eigenvalue weighted by atomic mass is 79.9. The van der Waals surface area contributed by atoms with E-state index < -0.39 is 0 Å². The Balaban J connectivity index is 1.69. The molecule has 0 radical (unpaired) electrons. The molecular formula is C30H26BrN3O3S. The van der Waals surface area contributed by atoms with Crippen molar-refractivity contribution >= 4 is 54.8 Å². The van der Waals surface area contributed by atoms with Crippen LogP contribution in [0.15, 0.2) is 71.2 Å². The average molecular weight is 589 g/mol. The summed E-state index contributed by atoms with van der Waals surface area (Å²) in [6, 6.07) is 21.7. The van der Waals surface area contributed by atoms with Crippen LogP contribution >= 0.6 is 27.3 Å².